The van der Waals surface area contributed by atoms with Gasteiger partial charge in [0.25, 0.3) is 0 Å². The SMILES string of the molecule is CCSC(=O)C(C(=O)c1ccccc1)C(c1ccccc1)c1cccs1. The fourth-order valence-corrected chi connectivity index (χ4v) is 4.66. The molecule has 0 radical (unpaired) electrons. The van der Waals surface area contributed by atoms with Gasteiger partial charge in [-0.15, -0.1) is 11.3 Å². The average Bonchev–Trinajstić information content (AvgIpc) is 3.21. The number of carbonyl (C=O) groups excluding carboxylic acids is 2. The van der Waals surface area contributed by atoms with Crippen LogP contribution >= 0.6 is 23.1 Å². The Kier molecular flexibility index (Phi) is 6.42. The van der Waals surface area contributed by atoms with Crippen molar-refractivity contribution in [1.82, 2.24) is 0 Å². The van der Waals surface area contributed by atoms with Crippen LogP contribution in [0.5, 0.6) is 0 Å². The van der Waals surface area contributed by atoms with Crippen molar-refractivity contribution in [2.75, 3.05) is 5.75 Å². The summed E-state index contributed by atoms with van der Waals surface area (Å²) >= 11 is 2.82. The van der Waals surface area contributed by atoms with Crippen LogP contribution in [0.15, 0.2) is 78.2 Å². The first-order valence-electron chi connectivity index (χ1n) is 8.56. The van der Waals surface area contributed by atoms with Gasteiger partial charge in [0.1, 0.15) is 5.92 Å². The Balaban J connectivity index is 2.10. The molecule has 0 saturated carbocycles. The third-order valence-corrected chi connectivity index (χ3v) is 6.01. The molecule has 132 valence electrons. The minimum absolute atomic E-state index is 0.0661. The molecule has 1 heterocycles. The monoisotopic (exact) mass is 380 g/mol. The van der Waals surface area contributed by atoms with E-state index < -0.39 is 5.92 Å². The average molecular weight is 381 g/mol. The molecule has 0 fully saturated rings. The van der Waals surface area contributed by atoms with Crippen molar-refractivity contribution >= 4 is 34.0 Å². The molecule has 4 heteroatoms. The first kappa shape index (κ1) is 18.6. The fraction of sp³-hybridized carbons (Fsp3) is 0.182. The molecule has 0 spiro atoms. The van der Waals surface area contributed by atoms with Crippen molar-refractivity contribution in [3.63, 3.8) is 0 Å². The Hall–Kier alpha value is -2.17. The van der Waals surface area contributed by atoms with Gasteiger partial charge in [-0.2, -0.15) is 0 Å². The molecule has 2 atom stereocenters. The first-order chi connectivity index (χ1) is 12.7. The van der Waals surface area contributed by atoms with Gasteiger partial charge in [0.05, 0.1) is 0 Å². The third-order valence-electron chi connectivity index (χ3n) is 4.22. The van der Waals surface area contributed by atoms with E-state index in [0.29, 0.717) is 11.3 Å². The number of benzene rings is 2. The van der Waals surface area contributed by atoms with Crippen LogP contribution in [0.1, 0.15) is 33.6 Å². The fourth-order valence-electron chi connectivity index (χ4n) is 3.06. The molecule has 0 N–H and O–H groups in total. The van der Waals surface area contributed by atoms with Gasteiger partial charge in [0.2, 0.25) is 5.12 Å². The van der Waals surface area contributed by atoms with Crippen LogP contribution in [0, 0.1) is 5.92 Å². The smallest absolute Gasteiger partial charge is 0.200 e. The second kappa shape index (κ2) is 8.97. The Morgan fingerprint density at radius 2 is 1.58 bits per heavy atom. The summed E-state index contributed by atoms with van der Waals surface area (Å²) in [6, 6.07) is 23.0. The molecule has 3 rings (SSSR count). The summed E-state index contributed by atoms with van der Waals surface area (Å²) < 4.78 is 0. The standard InChI is InChI=1S/C22H20O2S2/c1-2-25-22(24)20(21(23)17-12-7-4-8-13-17)19(18-14-9-15-26-18)16-10-5-3-6-11-16/h3-15,19-20H,2H2,1H3. The van der Waals surface area contributed by atoms with Gasteiger partial charge in [-0.05, 0) is 22.8 Å². The van der Waals surface area contributed by atoms with Crippen molar-refractivity contribution in [2.45, 2.75) is 12.8 Å². The maximum Gasteiger partial charge on any atom is 0.200 e. The van der Waals surface area contributed by atoms with E-state index in [2.05, 4.69) is 0 Å². The first-order valence-corrected chi connectivity index (χ1v) is 10.4. The molecule has 0 saturated heterocycles. The highest BCUT2D eigenvalue weighted by atomic mass is 32.2. The lowest BCUT2D eigenvalue weighted by Crippen LogP contribution is -2.29. The largest absolute Gasteiger partial charge is 0.293 e. The highest BCUT2D eigenvalue weighted by Crippen LogP contribution is 2.39. The maximum atomic E-state index is 13.3. The molecule has 2 nitrogen and oxygen atoms in total. The van der Waals surface area contributed by atoms with Crippen LogP contribution in [0.3, 0.4) is 0 Å². The van der Waals surface area contributed by atoms with E-state index >= 15 is 0 Å². The Bertz CT molecular complexity index is 842. The normalized spacial score (nSPS) is 13.1. The van der Waals surface area contributed by atoms with Crippen LogP contribution in [0.25, 0.3) is 0 Å². The molecule has 0 bridgehead atoms. The van der Waals surface area contributed by atoms with E-state index in [1.165, 1.54) is 11.8 Å². The molecule has 3 aromatic rings. The summed E-state index contributed by atoms with van der Waals surface area (Å²) in [4.78, 5) is 27.4. The van der Waals surface area contributed by atoms with Gasteiger partial charge in [0, 0.05) is 16.4 Å². The Morgan fingerprint density at radius 1 is 0.923 bits per heavy atom. The summed E-state index contributed by atoms with van der Waals surface area (Å²) in [6.45, 7) is 1.94. The highest BCUT2D eigenvalue weighted by molar-refractivity contribution is 8.13. The molecule has 2 unspecified atom stereocenters. The number of carbonyl (C=O) groups is 2. The number of thioether (sulfide) groups is 1. The number of hydrogen-bond donors (Lipinski definition) is 0. The van der Waals surface area contributed by atoms with Crippen molar-refractivity contribution in [2.24, 2.45) is 5.92 Å². The lowest BCUT2D eigenvalue weighted by atomic mass is 9.81. The molecule has 0 aliphatic carbocycles. The number of Topliss-reactive ketones (excluding diaryl/α,β-unsaturated/α-hetero) is 1. The van der Waals surface area contributed by atoms with Crippen LogP contribution in [-0.4, -0.2) is 16.7 Å². The molecule has 1 aromatic heterocycles. The lowest BCUT2D eigenvalue weighted by Gasteiger charge is -2.24. The van der Waals surface area contributed by atoms with E-state index in [1.807, 2.05) is 73.0 Å². The van der Waals surface area contributed by atoms with E-state index in [0.717, 1.165) is 10.4 Å². The molecular weight excluding hydrogens is 360 g/mol. The van der Waals surface area contributed by atoms with Crippen molar-refractivity contribution in [3.05, 3.63) is 94.2 Å². The number of ketones is 1. The highest BCUT2D eigenvalue weighted by Gasteiger charge is 2.37. The third kappa shape index (κ3) is 4.14. The van der Waals surface area contributed by atoms with Gasteiger partial charge in [0.15, 0.2) is 5.78 Å². The van der Waals surface area contributed by atoms with Crippen LogP contribution < -0.4 is 0 Å². The van der Waals surface area contributed by atoms with Gasteiger partial charge in [-0.25, -0.2) is 0 Å². The van der Waals surface area contributed by atoms with E-state index in [1.54, 1.807) is 23.5 Å². The zero-order valence-corrected chi connectivity index (χ0v) is 16.1. The van der Waals surface area contributed by atoms with Gasteiger partial charge in [-0.1, -0.05) is 85.4 Å². The van der Waals surface area contributed by atoms with Crippen LogP contribution in [0.2, 0.25) is 0 Å². The summed E-state index contributed by atoms with van der Waals surface area (Å²) in [7, 11) is 0. The quantitative estimate of drug-likeness (QED) is 0.392. The van der Waals surface area contributed by atoms with E-state index in [9.17, 15) is 9.59 Å². The molecule has 0 aliphatic heterocycles. The predicted molar refractivity (Wildman–Crippen MR) is 110 cm³/mol. The van der Waals surface area contributed by atoms with Gasteiger partial charge < -0.3 is 0 Å². The molecule has 2 aromatic carbocycles. The summed E-state index contributed by atoms with van der Waals surface area (Å²) in [5.41, 5.74) is 1.58. The second-order valence-electron chi connectivity index (χ2n) is 5.86. The van der Waals surface area contributed by atoms with Crippen LogP contribution in [0.4, 0.5) is 0 Å². The van der Waals surface area contributed by atoms with Crippen molar-refractivity contribution < 1.29 is 9.59 Å². The molecule has 0 amide bonds. The predicted octanol–water partition coefficient (Wildman–Crippen LogP) is 5.66. The summed E-state index contributed by atoms with van der Waals surface area (Å²) in [5.74, 6) is -0.457. The van der Waals surface area contributed by atoms with E-state index in [-0.39, 0.29) is 16.8 Å². The number of hydrogen-bond acceptors (Lipinski definition) is 4. The zero-order valence-electron chi connectivity index (χ0n) is 14.5. The topological polar surface area (TPSA) is 34.1 Å². The van der Waals surface area contributed by atoms with Gasteiger partial charge >= 0.3 is 0 Å². The van der Waals surface area contributed by atoms with Crippen molar-refractivity contribution in [3.8, 4) is 0 Å². The maximum absolute atomic E-state index is 13.3. The van der Waals surface area contributed by atoms with Gasteiger partial charge in [-0.3, -0.25) is 9.59 Å². The lowest BCUT2D eigenvalue weighted by molar-refractivity contribution is -0.113. The molecule has 26 heavy (non-hydrogen) atoms. The Labute approximate surface area is 162 Å². The summed E-state index contributed by atoms with van der Waals surface area (Å²) in [5, 5.41) is 1.93. The zero-order chi connectivity index (χ0) is 18.4. The molecular formula is C22H20O2S2. The van der Waals surface area contributed by atoms with E-state index in [4.69, 9.17) is 0 Å². The van der Waals surface area contributed by atoms with Crippen molar-refractivity contribution in [1.29, 1.82) is 0 Å². The Morgan fingerprint density at radius 3 is 2.15 bits per heavy atom. The second-order valence-corrected chi connectivity index (χ2v) is 8.11. The minimum Gasteiger partial charge on any atom is -0.293 e. The number of rotatable bonds is 7. The summed E-state index contributed by atoms with van der Waals surface area (Å²) in [6.07, 6.45) is 0. The minimum atomic E-state index is -0.733. The number of thiophene rings is 1. The van der Waals surface area contributed by atoms with Crippen LogP contribution in [-0.2, 0) is 4.79 Å². The molecule has 0 aliphatic rings.